The first kappa shape index (κ1) is 16.1. The topological polar surface area (TPSA) is 64.9 Å². The number of carbonyl (C=O) groups is 1. The summed E-state index contributed by atoms with van der Waals surface area (Å²) in [6.07, 6.45) is 8.04. The van der Waals surface area contributed by atoms with Crippen molar-refractivity contribution in [2.45, 2.75) is 51.5 Å². The van der Waals surface area contributed by atoms with Gasteiger partial charge in [-0.15, -0.1) is 0 Å². The van der Waals surface area contributed by atoms with E-state index in [1.807, 2.05) is 30.3 Å². The van der Waals surface area contributed by atoms with Crippen LogP contribution in [0.15, 0.2) is 36.0 Å². The fraction of sp³-hybridized carbons (Fsp3) is 0.444. The lowest BCUT2D eigenvalue weighted by Gasteiger charge is -2.22. The van der Waals surface area contributed by atoms with Crippen LogP contribution in [0.2, 0.25) is 0 Å². The number of nitrogens with one attached hydrogen (secondary N) is 2. The predicted octanol–water partition coefficient (Wildman–Crippen LogP) is 3.52. The molecule has 1 fully saturated rings. The van der Waals surface area contributed by atoms with Gasteiger partial charge in [0.05, 0.1) is 0 Å². The molecular formula is C18H23N3O. The van der Waals surface area contributed by atoms with E-state index in [4.69, 9.17) is 5.26 Å². The summed E-state index contributed by atoms with van der Waals surface area (Å²) in [5, 5.41) is 15.1. The molecule has 1 aromatic carbocycles. The fourth-order valence-corrected chi connectivity index (χ4v) is 2.65. The molecule has 0 atom stereocenters. The zero-order valence-corrected chi connectivity index (χ0v) is 13.1. The Labute approximate surface area is 132 Å². The Kier molecular flexibility index (Phi) is 6.02. The zero-order chi connectivity index (χ0) is 15.8. The summed E-state index contributed by atoms with van der Waals surface area (Å²) in [5.74, 6) is -0.285. The summed E-state index contributed by atoms with van der Waals surface area (Å²) in [7, 11) is 0. The number of rotatable bonds is 5. The molecule has 1 saturated carbocycles. The number of anilines is 1. The van der Waals surface area contributed by atoms with Crippen molar-refractivity contribution in [1.29, 1.82) is 5.26 Å². The van der Waals surface area contributed by atoms with E-state index in [1.54, 1.807) is 0 Å². The van der Waals surface area contributed by atoms with E-state index in [-0.39, 0.29) is 17.5 Å². The molecule has 116 valence electrons. The van der Waals surface area contributed by atoms with Crippen molar-refractivity contribution >= 4 is 11.6 Å². The van der Waals surface area contributed by atoms with Gasteiger partial charge in [-0.05, 0) is 37.0 Å². The van der Waals surface area contributed by atoms with Gasteiger partial charge < -0.3 is 10.6 Å². The Bertz CT molecular complexity index is 563. The van der Waals surface area contributed by atoms with E-state index < -0.39 is 0 Å². The zero-order valence-electron chi connectivity index (χ0n) is 13.1. The molecule has 0 aromatic heterocycles. The van der Waals surface area contributed by atoms with Gasteiger partial charge in [0.2, 0.25) is 0 Å². The molecular weight excluding hydrogens is 274 g/mol. The highest BCUT2D eigenvalue weighted by Gasteiger charge is 2.17. The lowest BCUT2D eigenvalue weighted by molar-refractivity contribution is -0.118. The number of carbonyl (C=O) groups excluding carboxylic acids is 1. The molecule has 1 aromatic rings. The van der Waals surface area contributed by atoms with Gasteiger partial charge in [0.1, 0.15) is 11.6 Å². The van der Waals surface area contributed by atoms with Crippen LogP contribution < -0.4 is 10.6 Å². The molecule has 0 radical (unpaired) electrons. The quantitative estimate of drug-likeness (QED) is 0.645. The Hall–Kier alpha value is -2.28. The maximum absolute atomic E-state index is 12.1. The van der Waals surface area contributed by atoms with Crippen LogP contribution >= 0.6 is 0 Å². The molecule has 1 aliphatic rings. The number of nitriles is 1. The molecule has 2 rings (SSSR count). The van der Waals surface area contributed by atoms with E-state index in [1.165, 1.54) is 18.2 Å². The highest BCUT2D eigenvalue weighted by Crippen LogP contribution is 2.17. The summed E-state index contributed by atoms with van der Waals surface area (Å²) < 4.78 is 0. The van der Waals surface area contributed by atoms with Crippen molar-refractivity contribution in [3.05, 3.63) is 41.6 Å². The first-order chi connectivity index (χ1) is 10.7. The highest BCUT2D eigenvalue weighted by molar-refractivity contribution is 5.97. The van der Waals surface area contributed by atoms with Crippen molar-refractivity contribution in [3.8, 4) is 6.07 Å². The summed E-state index contributed by atoms with van der Waals surface area (Å²) in [5.41, 5.74) is 2.24. The van der Waals surface area contributed by atoms with Crippen LogP contribution in [-0.4, -0.2) is 11.9 Å². The third kappa shape index (κ3) is 4.63. The normalized spacial score (nSPS) is 15.9. The van der Waals surface area contributed by atoms with Crippen LogP contribution in [-0.2, 0) is 11.2 Å². The largest absolute Gasteiger partial charge is 0.360 e. The molecule has 0 spiro atoms. The number of amides is 1. The van der Waals surface area contributed by atoms with E-state index in [0.717, 1.165) is 37.8 Å². The Balaban J connectivity index is 1.94. The van der Waals surface area contributed by atoms with Crippen LogP contribution in [0.4, 0.5) is 5.69 Å². The molecule has 22 heavy (non-hydrogen) atoms. The number of hydrogen-bond acceptors (Lipinski definition) is 3. The maximum Gasteiger partial charge on any atom is 0.263 e. The van der Waals surface area contributed by atoms with Gasteiger partial charge in [-0.25, -0.2) is 0 Å². The van der Waals surface area contributed by atoms with Gasteiger partial charge in [-0.1, -0.05) is 38.3 Å². The van der Waals surface area contributed by atoms with Crippen molar-refractivity contribution in [2.24, 2.45) is 0 Å². The standard InChI is InChI=1S/C18H23N3O/c1-2-14-8-10-16(11-9-14)20-13-15(12-19)18(22)21-17-6-4-3-5-7-17/h8-11,13,17,20H,2-7H2,1H3,(H,21,22)/b15-13-. The van der Waals surface area contributed by atoms with Crippen LogP contribution in [0.5, 0.6) is 0 Å². The molecule has 2 N–H and O–H groups in total. The lowest BCUT2D eigenvalue weighted by atomic mass is 9.95. The summed E-state index contributed by atoms with van der Waals surface area (Å²) in [4.78, 5) is 12.1. The van der Waals surface area contributed by atoms with Gasteiger partial charge >= 0.3 is 0 Å². The second-order valence-corrected chi connectivity index (χ2v) is 5.67. The van der Waals surface area contributed by atoms with Crippen molar-refractivity contribution in [1.82, 2.24) is 5.32 Å². The van der Waals surface area contributed by atoms with Gasteiger partial charge in [0.25, 0.3) is 5.91 Å². The first-order valence-electron chi connectivity index (χ1n) is 7.99. The van der Waals surface area contributed by atoms with Crippen molar-refractivity contribution in [2.75, 3.05) is 5.32 Å². The van der Waals surface area contributed by atoms with Gasteiger partial charge in [0, 0.05) is 17.9 Å². The van der Waals surface area contributed by atoms with Crippen LogP contribution in [0.3, 0.4) is 0 Å². The molecule has 1 amide bonds. The third-order valence-electron chi connectivity index (χ3n) is 4.05. The first-order valence-corrected chi connectivity index (χ1v) is 7.99. The Morgan fingerprint density at radius 1 is 1.27 bits per heavy atom. The molecule has 0 saturated heterocycles. The van der Waals surface area contributed by atoms with E-state index >= 15 is 0 Å². The number of hydrogen-bond donors (Lipinski definition) is 2. The summed E-state index contributed by atoms with van der Waals surface area (Å²) in [6, 6.07) is 10.1. The van der Waals surface area contributed by atoms with Gasteiger partial charge in [-0.3, -0.25) is 4.79 Å². The average Bonchev–Trinajstić information content (AvgIpc) is 2.57. The minimum atomic E-state index is -0.285. The van der Waals surface area contributed by atoms with E-state index in [0.29, 0.717) is 0 Å². The molecule has 4 heteroatoms. The molecule has 1 aliphatic carbocycles. The number of aryl methyl sites for hydroxylation is 1. The van der Waals surface area contributed by atoms with Crippen LogP contribution in [0.1, 0.15) is 44.6 Å². The summed E-state index contributed by atoms with van der Waals surface area (Å²) in [6.45, 7) is 2.10. The molecule has 0 bridgehead atoms. The minimum Gasteiger partial charge on any atom is -0.360 e. The number of benzene rings is 1. The third-order valence-corrected chi connectivity index (χ3v) is 4.05. The molecule has 0 unspecified atom stereocenters. The molecule has 4 nitrogen and oxygen atoms in total. The Morgan fingerprint density at radius 3 is 2.55 bits per heavy atom. The lowest BCUT2D eigenvalue weighted by Crippen LogP contribution is -2.37. The van der Waals surface area contributed by atoms with E-state index in [9.17, 15) is 4.79 Å². The van der Waals surface area contributed by atoms with Crippen molar-refractivity contribution in [3.63, 3.8) is 0 Å². The second-order valence-electron chi connectivity index (χ2n) is 5.67. The highest BCUT2D eigenvalue weighted by atomic mass is 16.1. The maximum atomic E-state index is 12.1. The number of nitrogens with zero attached hydrogens (tertiary/aromatic N) is 1. The molecule has 0 heterocycles. The fourth-order valence-electron chi connectivity index (χ4n) is 2.65. The second kappa shape index (κ2) is 8.23. The van der Waals surface area contributed by atoms with Gasteiger partial charge in [-0.2, -0.15) is 5.26 Å². The summed E-state index contributed by atoms with van der Waals surface area (Å²) >= 11 is 0. The van der Waals surface area contributed by atoms with Gasteiger partial charge in [0.15, 0.2) is 0 Å². The minimum absolute atomic E-state index is 0.116. The monoisotopic (exact) mass is 297 g/mol. The van der Waals surface area contributed by atoms with Crippen molar-refractivity contribution < 1.29 is 4.79 Å². The van der Waals surface area contributed by atoms with Crippen LogP contribution in [0, 0.1) is 11.3 Å². The predicted molar refractivity (Wildman–Crippen MR) is 88.2 cm³/mol. The van der Waals surface area contributed by atoms with E-state index in [2.05, 4.69) is 17.6 Å². The SMILES string of the molecule is CCc1ccc(N/C=C(/C#N)C(=O)NC2CCCCC2)cc1. The smallest absolute Gasteiger partial charge is 0.263 e. The molecule has 0 aliphatic heterocycles. The average molecular weight is 297 g/mol. The van der Waals surface area contributed by atoms with Crippen LogP contribution in [0.25, 0.3) is 0 Å². The Morgan fingerprint density at radius 2 is 1.95 bits per heavy atom.